The summed E-state index contributed by atoms with van der Waals surface area (Å²) in [6, 6.07) is 7.16. The lowest BCUT2D eigenvalue weighted by molar-refractivity contribution is -0.132. The van der Waals surface area contributed by atoms with Crippen molar-refractivity contribution in [3.05, 3.63) is 35.6 Å². The second-order valence-electron chi connectivity index (χ2n) is 5.19. The van der Waals surface area contributed by atoms with Crippen LogP contribution in [0, 0.1) is 5.82 Å². The van der Waals surface area contributed by atoms with Gasteiger partial charge in [-0.2, -0.15) is 0 Å². The van der Waals surface area contributed by atoms with Gasteiger partial charge in [0.2, 0.25) is 5.91 Å². The first-order valence-electron chi connectivity index (χ1n) is 6.85. The lowest BCUT2D eigenvalue weighted by Crippen LogP contribution is -2.47. The maximum Gasteiger partial charge on any atom is 0.222 e. The maximum absolute atomic E-state index is 13.3. The number of carbonyl (C=O) groups is 1. The predicted octanol–water partition coefficient (Wildman–Crippen LogP) is 2.49. The number of nitrogens with one attached hydrogen (secondary N) is 1. The zero-order valence-electron chi connectivity index (χ0n) is 11.5. The summed E-state index contributed by atoms with van der Waals surface area (Å²) >= 11 is 0. The van der Waals surface area contributed by atoms with Gasteiger partial charge in [0.1, 0.15) is 5.82 Å². The molecule has 4 heteroatoms. The van der Waals surface area contributed by atoms with Crippen LogP contribution < -0.4 is 5.32 Å². The standard InChI is InChI=1S/C15H21FN2O/c1-3-14(11-5-4-6-12(16)9-11)17-13-7-8-15(19)18(2)10-13/h4-6,9,13-14,17H,3,7-8,10H2,1-2H3. The Labute approximate surface area is 113 Å². The van der Waals surface area contributed by atoms with Crippen molar-refractivity contribution in [2.24, 2.45) is 0 Å². The molecule has 0 aliphatic carbocycles. The number of likely N-dealkylation sites (tertiary alicyclic amines) is 1. The maximum atomic E-state index is 13.3. The minimum Gasteiger partial charge on any atom is -0.344 e. The zero-order valence-corrected chi connectivity index (χ0v) is 11.5. The molecule has 2 unspecified atom stereocenters. The number of nitrogens with zero attached hydrogens (tertiary/aromatic N) is 1. The average molecular weight is 264 g/mol. The van der Waals surface area contributed by atoms with Crippen LogP contribution in [-0.4, -0.2) is 30.4 Å². The van der Waals surface area contributed by atoms with Crippen molar-refractivity contribution >= 4 is 5.91 Å². The molecule has 2 rings (SSSR count). The van der Waals surface area contributed by atoms with Gasteiger partial charge in [0.25, 0.3) is 0 Å². The molecule has 1 amide bonds. The third-order valence-corrected chi connectivity index (χ3v) is 3.72. The molecule has 1 saturated heterocycles. The Kier molecular flexibility index (Phi) is 4.53. The number of piperidine rings is 1. The third-order valence-electron chi connectivity index (χ3n) is 3.72. The van der Waals surface area contributed by atoms with Gasteiger partial charge in [-0.25, -0.2) is 4.39 Å². The van der Waals surface area contributed by atoms with Crippen LogP contribution in [0.1, 0.15) is 37.8 Å². The van der Waals surface area contributed by atoms with E-state index in [0.29, 0.717) is 6.42 Å². The Morgan fingerprint density at radius 2 is 2.32 bits per heavy atom. The smallest absolute Gasteiger partial charge is 0.222 e. The minimum absolute atomic E-state index is 0.141. The molecule has 1 N–H and O–H groups in total. The minimum atomic E-state index is -0.200. The summed E-state index contributed by atoms with van der Waals surface area (Å²) in [5.74, 6) is 0.00513. The van der Waals surface area contributed by atoms with Crippen LogP contribution in [0.25, 0.3) is 0 Å². The number of benzene rings is 1. The molecule has 104 valence electrons. The lowest BCUT2D eigenvalue weighted by Gasteiger charge is -2.33. The normalized spacial score (nSPS) is 21.5. The Morgan fingerprint density at radius 3 is 2.95 bits per heavy atom. The summed E-state index contributed by atoms with van der Waals surface area (Å²) in [6.07, 6.45) is 2.35. The second kappa shape index (κ2) is 6.15. The highest BCUT2D eigenvalue weighted by molar-refractivity contribution is 5.76. The van der Waals surface area contributed by atoms with Crippen molar-refractivity contribution in [3.63, 3.8) is 0 Å². The van der Waals surface area contributed by atoms with Gasteiger partial charge in [0.05, 0.1) is 0 Å². The lowest BCUT2D eigenvalue weighted by atomic mass is 10.00. The van der Waals surface area contributed by atoms with Crippen LogP contribution in [0.3, 0.4) is 0 Å². The number of amides is 1. The van der Waals surface area contributed by atoms with E-state index in [0.717, 1.165) is 24.9 Å². The molecule has 0 radical (unpaired) electrons. The monoisotopic (exact) mass is 264 g/mol. The van der Waals surface area contributed by atoms with Crippen LogP contribution in [0.4, 0.5) is 4.39 Å². The van der Waals surface area contributed by atoms with E-state index < -0.39 is 0 Å². The molecular weight excluding hydrogens is 243 g/mol. The van der Waals surface area contributed by atoms with E-state index >= 15 is 0 Å². The highest BCUT2D eigenvalue weighted by Crippen LogP contribution is 2.20. The Morgan fingerprint density at radius 1 is 1.53 bits per heavy atom. The van der Waals surface area contributed by atoms with Crippen LogP contribution >= 0.6 is 0 Å². The molecule has 1 aliphatic rings. The zero-order chi connectivity index (χ0) is 13.8. The quantitative estimate of drug-likeness (QED) is 0.906. The first-order chi connectivity index (χ1) is 9.10. The van der Waals surface area contributed by atoms with Crippen LogP contribution in [0.2, 0.25) is 0 Å². The fourth-order valence-electron chi connectivity index (χ4n) is 2.61. The van der Waals surface area contributed by atoms with Crippen molar-refractivity contribution in [1.29, 1.82) is 0 Å². The Bertz CT molecular complexity index is 450. The van der Waals surface area contributed by atoms with Gasteiger partial charge in [-0.15, -0.1) is 0 Å². The molecule has 0 bridgehead atoms. The molecule has 1 aromatic carbocycles. The predicted molar refractivity (Wildman–Crippen MR) is 73.2 cm³/mol. The highest BCUT2D eigenvalue weighted by atomic mass is 19.1. The largest absolute Gasteiger partial charge is 0.344 e. The first kappa shape index (κ1) is 14.0. The molecule has 1 aromatic rings. The van der Waals surface area contributed by atoms with Gasteiger partial charge in [0.15, 0.2) is 0 Å². The average Bonchev–Trinajstić information content (AvgIpc) is 2.40. The summed E-state index contributed by atoms with van der Waals surface area (Å²) in [5.41, 5.74) is 0.974. The Balaban J connectivity index is 2.01. The number of likely N-dealkylation sites (N-methyl/N-ethyl adjacent to an activating group) is 1. The second-order valence-corrected chi connectivity index (χ2v) is 5.19. The van der Waals surface area contributed by atoms with Gasteiger partial charge in [-0.05, 0) is 30.5 Å². The molecule has 0 spiro atoms. The molecule has 3 nitrogen and oxygen atoms in total. The SMILES string of the molecule is CCC(NC1CCC(=O)N(C)C1)c1cccc(F)c1. The number of hydrogen-bond donors (Lipinski definition) is 1. The van der Waals surface area contributed by atoms with E-state index in [1.807, 2.05) is 13.1 Å². The topological polar surface area (TPSA) is 32.3 Å². The summed E-state index contributed by atoms with van der Waals surface area (Å²) in [6.45, 7) is 2.81. The van der Waals surface area contributed by atoms with Crippen molar-refractivity contribution in [2.45, 2.75) is 38.3 Å². The molecular formula is C15H21FN2O. The van der Waals surface area contributed by atoms with Crippen molar-refractivity contribution in [2.75, 3.05) is 13.6 Å². The number of rotatable bonds is 4. The third kappa shape index (κ3) is 3.53. The van der Waals surface area contributed by atoms with E-state index in [1.165, 1.54) is 6.07 Å². The van der Waals surface area contributed by atoms with Crippen LogP contribution in [-0.2, 0) is 4.79 Å². The van der Waals surface area contributed by atoms with E-state index in [9.17, 15) is 9.18 Å². The van der Waals surface area contributed by atoms with E-state index in [2.05, 4.69) is 12.2 Å². The van der Waals surface area contributed by atoms with Crippen molar-refractivity contribution in [1.82, 2.24) is 10.2 Å². The molecule has 1 fully saturated rings. The molecule has 19 heavy (non-hydrogen) atoms. The van der Waals surface area contributed by atoms with Gasteiger partial charge in [0, 0.05) is 32.1 Å². The van der Waals surface area contributed by atoms with Crippen molar-refractivity contribution < 1.29 is 9.18 Å². The summed E-state index contributed by atoms with van der Waals surface area (Å²) in [7, 11) is 1.83. The Hall–Kier alpha value is -1.42. The summed E-state index contributed by atoms with van der Waals surface area (Å²) in [4.78, 5) is 13.2. The summed E-state index contributed by atoms with van der Waals surface area (Å²) in [5, 5.41) is 3.54. The van der Waals surface area contributed by atoms with Gasteiger partial charge < -0.3 is 10.2 Å². The van der Waals surface area contributed by atoms with Gasteiger partial charge >= 0.3 is 0 Å². The number of carbonyl (C=O) groups excluding carboxylic acids is 1. The van der Waals surface area contributed by atoms with Gasteiger partial charge in [-0.1, -0.05) is 19.1 Å². The fraction of sp³-hybridized carbons (Fsp3) is 0.533. The molecule has 0 aromatic heterocycles. The molecule has 0 saturated carbocycles. The number of halogens is 1. The van der Waals surface area contributed by atoms with Crippen LogP contribution in [0.5, 0.6) is 0 Å². The van der Waals surface area contributed by atoms with E-state index in [4.69, 9.17) is 0 Å². The van der Waals surface area contributed by atoms with E-state index in [-0.39, 0.29) is 23.8 Å². The van der Waals surface area contributed by atoms with Crippen LogP contribution in [0.15, 0.2) is 24.3 Å². The summed E-state index contributed by atoms with van der Waals surface area (Å²) < 4.78 is 13.3. The fourth-order valence-corrected chi connectivity index (χ4v) is 2.61. The highest BCUT2D eigenvalue weighted by Gasteiger charge is 2.24. The molecule has 2 atom stereocenters. The van der Waals surface area contributed by atoms with Crippen molar-refractivity contribution in [3.8, 4) is 0 Å². The number of hydrogen-bond acceptors (Lipinski definition) is 2. The van der Waals surface area contributed by atoms with Gasteiger partial charge in [-0.3, -0.25) is 4.79 Å². The first-order valence-corrected chi connectivity index (χ1v) is 6.85. The molecule has 1 aliphatic heterocycles. The molecule has 1 heterocycles. The van der Waals surface area contributed by atoms with E-state index in [1.54, 1.807) is 17.0 Å².